The van der Waals surface area contributed by atoms with Crippen molar-refractivity contribution in [2.45, 2.75) is 19.3 Å². The number of methoxy groups -OCH3 is 1. The molecule has 2 aromatic rings. The number of nitrogens with zero attached hydrogens (tertiary/aromatic N) is 2. The number of carbonyl (C=O) groups is 1. The molecule has 6 nitrogen and oxygen atoms in total. The van der Waals surface area contributed by atoms with Gasteiger partial charge in [-0.2, -0.15) is 0 Å². The highest BCUT2D eigenvalue weighted by molar-refractivity contribution is 7.14. The van der Waals surface area contributed by atoms with Gasteiger partial charge in [0, 0.05) is 24.2 Å². The van der Waals surface area contributed by atoms with E-state index in [9.17, 15) is 4.79 Å². The maximum absolute atomic E-state index is 12.7. The molecule has 1 aromatic heterocycles. The molecular formula is C19H26N4O2S. The number of rotatable bonds is 7. The molecule has 0 atom stereocenters. The number of thiazole rings is 1. The number of aromatic nitrogens is 1. The highest BCUT2D eigenvalue weighted by Gasteiger charge is 2.24. The second kappa shape index (κ2) is 9.00. The van der Waals surface area contributed by atoms with Gasteiger partial charge in [-0.05, 0) is 63.0 Å². The molecule has 1 amide bonds. The number of hydrogen-bond donors (Lipinski definition) is 2. The Labute approximate surface area is 158 Å². The van der Waals surface area contributed by atoms with E-state index < -0.39 is 0 Å². The number of nitrogens with one attached hydrogen (secondary N) is 2. The Hall–Kier alpha value is -2.12. The van der Waals surface area contributed by atoms with Crippen molar-refractivity contribution in [3.8, 4) is 5.75 Å². The number of carbonyl (C=O) groups excluding carboxylic acids is 1. The van der Waals surface area contributed by atoms with E-state index in [4.69, 9.17) is 4.74 Å². The van der Waals surface area contributed by atoms with Crippen molar-refractivity contribution in [1.29, 1.82) is 0 Å². The van der Waals surface area contributed by atoms with E-state index in [-0.39, 0.29) is 5.91 Å². The monoisotopic (exact) mass is 374 g/mol. The third-order valence-corrected chi connectivity index (χ3v) is 5.53. The van der Waals surface area contributed by atoms with Gasteiger partial charge in [0.05, 0.1) is 7.11 Å². The molecule has 3 rings (SSSR count). The van der Waals surface area contributed by atoms with Crippen LogP contribution in [0.4, 0.5) is 10.8 Å². The minimum Gasteiger partial charge on any atom is -0.497 e. The summed E-state index contributed by atoms with van der Waals surface area (Å²) in [6, 6.07) is 7.63. The van der Waals surface area contributed by atoms with E-state index in [1.807, 2.05) is 41.6 Å². The van der Waals surface area contributed by atoms with Gasteiger partial charge in [-0.25, -0.2) is 4.98 Å². The van der Waals surface area contributed by atoms with Crippen LogP contribution in [0.3, 0.4) is 0 Å². The summed E-state index contributed by atoms with van der Waals surface area (Å²) in [4.78, 5) is 19.1. The third-order valence-electron chi connectivity index (χ3n) is 4.77. The Balaban J connectivity index is 1.54. The Kier molecular flexibility index (Phi) is 6.46. The zero-order valence-corrected chi connectivity index (χ0v) is 16.1. The Morgan fingerprint density at radius 1 is 1.31 bits per heavy atom. The van der Waals surface area contributed by atoms with E-state index in [1.165, 1.54) is 17.8 Å². The van der Waals surface area contributed by atoms with Crippen LogP contribution >= 0.6 is 11.3 Å². The predicted octanol–water partition coefficient (Wildman–Crippen LogP) is 3.36. The van der Waals surface area contributed by atoms with Crippen molar-refractivity contribution in [1.82, 2.24) is 15.2 Å². The summed E-state index contributed by atoms with van der Waals surface area (Å²) >= 11 is 1.45. The van der Waals surface area contributed by atoms with Gasteiger partial charge >= 0.3 is 0 Å². The lowest BCUT2D eigenvalue weighted by molar-refractivity contribution is 0.0682. The second-order valence-electron chi connectivity index (χ2n) is 6.52. The molecule has 0 radical (unpaired) electrons. The van der Waals surface area contributed by atoms with Crippen LogP contribution in [-0.2, 0) is 0 Å². The fourth-order valence-corrected chi connectivity index (χ4v) is 3.87. The molecule has 0 bridgehead atoms. The smallest absolute Gasteiger partial charge is 0.273 e. The lowest BCUT2D eigenvalue weighted by Gasteiger charge is -2.31. The molecule has 26 heavy (non-hydrogen) atoms. The summed E-state index contributed by atoms with van der Waals surface area (Å²) in [5, 5.41) is 9.00. The van der Waals surface area contributed by atoms with Gasteiger partial charge in [-0.1, -0.05) is 0 Å². The zero-order valence-electron chi connectivity index (χ0n) is 15.3. The van der Waals surface area contributed by atoms with Gasteiger partial charge in [0.1, 0.15) is 11.4 Å². The highest BCUT2D eigenvalue weighted by atomic mass is 32.1. The summed E-state index contributed by atoms with van der Waals surface area (Å²) < 4.78 is 5.16. The minimum absolute atomic E-state index is 0.0381. The molecule has 0 unspecified atom stereocenters. The topological polar surface area (TPSA) is 66.5 Å². The third kappa shape index (κ3) is 4.74. The Morgan fingerprint density at radius 2 is 2.04 bits per heavy atom. The number of amides is 1. The van der Waals surface area contributed by atoms with E-state index in [2.05, 4.69) is 15.6 Å². The van der Waals surface area contributed by atoms with E-state index in [1.54, 1.807) is 7.11 Å². The lowest BCUT2D eigenvalue weighted by atomic mass is 9.93. The fraction of sp³-hybridized carbons (Fsp3) is 0.474. The Morgan fingerprint density at radius 3 is 2.69 bits per heavy atom. The largest absolute Gasteiger partial charge is 0.497 e. The van der Waals surface area contributed by atoms with E-state index in [0.717, 1.165) is 49.0 Å². The maximum atomic E-state index is 12.7. The number of anilines is 2. The summed E-state index contributed by atoms with van der Waals surface area (Å²) in [7, 11) is 3.63. The molecule has 2 heterocycles. The van der Waals surface area contributed by atoms with Gasteiger partial charge in [0.25, 0.3) is 5.91 Å². The average molecular weight is 375 g/mol. The molecule has 0 saturated carbocycles. The SMILES string of the molecule is CNCCC1CCN(C(=O)c2csc(Nc3ccc(OC)cc3)n2)CC1. The van der Waals surface area contributed by atoms with Crippen LogP contribution in [0.5, 0.6) is 5.75 Å². The molecule has 0 spiro atoms. The highest BCUT2D eigenvalue weighted by Crippen LogP contribution is 2.25. The molecule has 1 aliphatic rings. The molecule has 1 aromatic carbocycles. The van der Waals surface area contributed by atoms with Crippen LogP contribution in [0.15, 0.2) is 29.6 Å². The number of piperidine rings is 1. The molecule has 1 saturated heterocycles. The molecule has 0 aliphatic carbocycles. The fourth-order valence-electron chi connectivity index (χ4n) is 3.16. The first-order valence-corrected chi connectivity index (χ1v) is 9.88. The zero-order chi connectivity index (χ0) is 18.4. The number of ether oxygens (including phenoxy) is 1. The van der Waals surface area contributed by atoms with Crippen molar-refractivity contribution < 1.29 is 9.53 Å². The van der Waals surface area contributed by atoms with Crippen LogP contribution in [0.25, 0.3) is 0 Å². The first-order valence-electron chi connectivity index (χ1n) is 9.00. The molecule has 140 valence electrons. The standard InChI is InChI=1S/C19H26N4O2S/c1-20-10-7-14-8-11-23(12-9-14)18(24)17-13-26-19(22-17)21-15-3-5-16(25-2)6-4-15/h3-6,13-14,20H,7-12H2,1-2H3,(H,21,22). The van der Waals surface area contributed by atoms with Crippen LogP contribution in [0.2, 0.25) is 0 Å². The molecule has 1 fully saturated rings. The minimum atomic E-state index is 0.0381. The normalized spacial score (nSPS) is 15.1. The van der Waals surface area contributed by atoms with E-state index in [0.29, 0.717) is 11.6 Å². The first kappa shape index (κ1) is 18.7. The number of likely N-dealkylation sites (tertiary alicyclic amines) is 1. The van der Waals surface area contributed by atoms with Gasteiger partial charge in [-0.15, -0.1) is 11.3 Å². The summed E-state index contributed by atoms with van der Waals surface area (Å²) in [5.41, 5.74) is 1.45. The summed E-state index contributed by atoms with van der Waals surface area (Å²) in [5.74, 6) is 1.56. The van der Waals surface area contributed by atoms with Crippen LogP contribution in [-0.4, -0.2) is 49.6 Å². The van der Waals surface area contributed by atoms with Crippen LogP contribution < -0.4 is 15.4 Å². The first-order chi connectivity index (χ1) is 12.7. The van der Waals surface area contributed by atoms with Crippen molar-refractivity contribution >= 4 is 28.1 Å². The number of benzene rings is 1. The molecule has 2 N–H and O–H groups in total. The summed E-state index contributed by atoms with van der Waals surface area (Å²) in [6.45, 7) is 2.70. The van der Waals surface area contributed by atoms with Crippen molar-refractivity contribution in [3.05, 3.63) is 35.3 Å². The average Bonchev–Trinajstić information content (AvgIpc) is 3.15. The van der Waals surface area contributed by atoms with Gasteiger partial charge < -0.3 is 20.3 Å². The second-order valence-corrected chi connectivity index (χ2v) is 7.38. The Bertz CT molecular complexity index is 709. The lowest BCUT2D eigenvalue weighted by Crippen LogP contribution is -2.39. The predicted molar refractivity (Wildman–Crippen MR) is 106 cm³/mol. The van der Waals surface area contributed by atoms with Crippen LogP contribution in [0, 0.1) is 5.92 Å². The van der Waals surface area contributed by atoms with Crippen LogP contribution in [0.1, 0.15) is 29.8 Å². The molecular weight excluding hydrogens is 348 g/mol. The van der Waals surface area contributed by atoms with Crippen molar-refractivity contribution in [2.24, 2.45) is 5.92 Å². The van der Waals surface area contributed by atoms with Crippen molar-refractivity contribution in [3.63, 3.8) is 0 Å². The number of hydrogen-bond acceptors (Lipinski definition) is 6. The summed E-state index contributed by atoms with van der Waals surface area (Å²) in [6.07, 6.45) is 3.34. The molecule has 7 heteroatoms. The van der Waals surface area contributed by atoms with Gasteiger partial charge in [-0.3, -0.25) is 4.79 Å². The van der Waals surface area contributed by atoms with E-state index >= 15 is 0 Å². The van der Waals surface area contributed by atoms with Crippen molar-refractivity contribution in [2.75, 3.05) is 39.1 Å². The molecule has 1 aliphatic heterocycles. The van der Waals surface area contributed by atoms with Gasteiger partial charge in [0.15, 0.2) is 5.13 Å². The maximum Gasteiger partial charge on any atom is 0.273 e. The quantitative estimate of drug-likeness (QED) is 0.778. The van der Waals surface area contributed by atoms with Gasteiger partial charge in [0.2, 0.25) is 0 Å².